The minimum atomic E-state index is -0.727. The number of rotatable bonds is 2. The lowest BCUT2D eigenvalue weighted by molar-refractivity contribution is -0.136. The number of carboxylic acid groups (broad SMARTS) is 1. The van der Waals surface area contributed by atoms with Crippen LogP contribution >= 0.6 is 0 Å². The fraction of sp³-hybridized carbons (Fsp3) is 0.632. The lowest BCUT2D eigenvalue weighted by atomic mass is 9.52. The summed E-state index contributed by atoms with van der Waals surface area (Å²) in [6, 6.07) is 7.17. The van der Waals surface area contributed by atoms with Crippen molar-refractivity contribution in [3.8, 4) is 0 Å². The first-order valence-electron chi connectivity index (χ1n) is 8.64. The Morgan fingerprint density at radius 3 is 3.05 bits per heavy atom. The first-order chi connectivity index (χ1) is 10.6. The van der Waals surface area contributed by atoms with Gasteiger partial charge in [0.05, 0.1) is 6.42 Å². The molecule has 2 fully saturated rings. The van der Waals surface area contributed by atoms with Crippen LogP contribution in [-0.4, -0.2) is 35.6 Å². The number of piperidine rings is 1. The number of aliphatic carboxylic acids is 1. The summed E-state index contributed by atoms with van der Waals surface area (Å²) >= 11 is 0. The maximum absolute atomic E-state index is 11.1. The number of nitrogens with zero attached hydrogens (tertiary/aromatic N) is 1. The summed E-state index contributed by atoms with van der Waals surface area (Å²) in [6.45, 7) is 1.18. The van der Waals surface area contributed by atoms with Gasteiger partial charge in [-0.25, -0.2) is 0 Å². The minimum absolute atomic E-state index is 0.150. The number of hydrogen-bond donors (Lipinski definition) is 1. The van der Waals surface area contributed by atoms with Gasteiger partial charge in [-0.2, -0.15) is 0 Å². The van der Waals surface area contributed by atoms with Crippen molar-refractivity contribution >= 4 is 5.97 Å². The lowest BCUT2D eigenvalue weighted by Gasteiger charge is -2.58. The van der Waals surface area contributed by atoms with Crippen LogP contribution in [0.2, 0.25) is 0 Å². The molecule has 1 aromatic rings. The van der Waals surface area contributed by atoms with Crippen molar-refractivity contribution in [2.45, 2.75) is 56.4 Å². The highest BCUT2D eigenvalue weighted by molar-refractivity contribution is 5.70. The van der Waals surface area contributed by atoms with E-state index in [4.69, 9.17) is 5.11 Å². The van der Waals surface area contributed by atoms with E-state index in [2.05, 4.69) is 24.1 Å². The zero-order valence-electron chi connectivity index (χ0n) is 13.3. The molecule has 3 heteroatoms. The van der Waals surface area contributed by atoms with Gasteiger partial charge in [-0.15, -0.1) is 0 Å². The molecular weight excluding hydrogens is 274 g/mol. The number of likely N-dealkylation sites (N-methyl/N-ethyl adjacent to an activating group) is 1. The Morgan fingerprint density at radius 2 is 2.23 bits per heavy atom. The third kappa shape index (κ3) is 2.02. The second kappa shape index (κ2) is 5.09. The van der Waals surface area contributed by atoms with Crippen molar-refractivity contribution in [2.75, 3.05) is 13.6 Å². The third-order valence-electron chi connectivity index (χ3n) is 6.53. The molecule has 4 rings (SSSR count). The quantitative estimate of drug-likeness (QED) is 0.912. The normalized spacial score (nSPS) is 33.9. The summed E-state index contributed by atoms with van der Waals surface area (Å²) in [6.07, 6.45) is 7.87. The molecule has 3 nitrogen and oxygen atoms in total. The Morgan fingerprint density at radius 1 is 1.36 bits per heavy atom. The molecule has 1 heterocycles. The zero-order chi connectivity index (χ0) is 15.3. The molecule has 2 bridgehead atoms. The minimum Gasteiger partial charge on any atom is -0.481 e. The number of fused-ring (bicyclic) bond motifs is 1. The fourth-order valence-electron chi connectivity index (χ4n) is 5.53. The van der Waals surface area contributed by atoms with Crippen LogP contribution in [0.1, 0.15) is 48.8 Å². The monoisotopic (exact) mass is 299 g/mol. The number of benzene rings is 1. The smallest absolute Gasteiger partial charge is 0.307 e. The average molecular weight is 299 g/mol. The fourth-order valence-corrected chi connectivity index (χ4v) is 5.53. The highest BCUT2D eigenvalue weighted by Gasteiger charge is 2.52. The molecular formula is C19H25NO2. The maximum Gasteiger partial charge on any atom is 0.307 e. The second-order valence-electron chi connectivity index (χ2n) is 7.57. The Hall–Kier alpha value is -1.35. The van der Waals surface area contributed by atoms with Gasteiger partial charge in [-0.05, 0) is 61.9 Å². The number of carbonyl (C=O) groups is 1. The van der Waals surface area contributed by atoms with Crippen LogP contribution < -0.4 is 0 Å². The molecule has 0 spiro atoms. The molecule has 3 unspecified atom stereocenters. The van der Waals surface area contributed by atoms with Gasteiger partial charge in [0.1, 0.15) is 0 Å². The molecule has 0 aromatic heterocycles. The molecule has 1 aliphatic heterocycles. The summed E-state index contributed by atoms with van der Waals surface area (Å²) < 4.78 is 0. The van der Waals surface area contributed by atoms with Crippen LogP contribution in [0.5, 0.6) is 0 Å². The molecule has 118 valence electrons. The summed E-state index contributed by atoms with van der Waals surface area (Å²) in [7, 11) is 2.28. The van der Waals surface area contributed by atoms with Gasteiger partial charge < -0.3 is 10.0 Å². The van der Waals surface area contributed by atoms with Crippen molar-refractivity contribution in [3.05, 3.63) is 34.9 Å². The molecule has 22 heavy (non-hydrogen) atoms. The van der Waals surface area contributed by atoms with Crippen LogP contribution in [0.25, 0.3) is 0 Å². The highest BCUT2D eigenvalue weighted by atomic mass is 16.4. The molecule has 1 aromatic carbocycles. The van der Waals surface area contributed by atoms with E-state index in [-0.39, 0.29) is 6.42 Å². The van der Waals surface area contributed by atoms with E-state index in [1.807, 2.05) is 6.07 Å². The van der Waals surface area contributed by atoms with Crippen molar-refractivity contribution < 1.29 is 9.90 Å². The van der Waals surface area contributed by atoms with E-state index in [1.165, 1.54) is 49.8 Å². The average Bonchev–Trinajstić information content (AvgIpc) is 2.51. The zero-order valence-corrected chi connectivity index (χ0v) is 13.3. The second-order valence-corrected chi connectivity index (χ2v) is 7.57. The Kier molecular flexibility index (Phi) is 3.30. The maximum atomic E-state index is 11.1. The molecule has 3 aliphatic rings. The summed E-state index contributed by atoms with van der Waals surface area (Å²) in [4.78, 5) is 13.6. The van der Waals surface area contributed by atoms with Gasteiger partial charge in [0, 0.05) is 11.5 Å². The van der Waals surface area contributed by atoms with Crippen molar-refractivity contribution in [1.29, 1.82) is 0 Å². The largest absolute Gasteiger partial charge is 0.481 e. The van der Waals surface area contributed by atoms with Crippen LogP contribution in [-0.2, 0) is 23.1 Å². The molecule has 0 amide bonds. The first-order valence-corrected chi connectivity index (χ1v) is 8.64. The van der Waals surface area contributed by atoms with Crippen LogP contribution in [0.4, 0.5) is 0 Å². The predicted octanol–water partition coefficient (Wildman–Crippen LogP) is 3.00. The summed E-state index contributed by atoms with van der Waals surface area (Å²) in [5, 5.41) is 9.11. The van der Waals surface area contributed by atoms with Crippen molar-refractivity contribution in [2.24, 2.45) is 5.92 Å². The van der Waals surface area contributed by atoms with Gasteiger partial charge in [0.15, 0.2) is 0 Å². The highest BCUT2D eigenvalue weighted by Crippen LogP contribution is 2.55. The van der Waals surface area contributed by atoms with Gasteiger partial charge in [-0.3, -0.25) is 4.79 Å². The number of likely N-dealkylation sites (tertiary alicyclic amines) is 1. The Bertz CT molecular complexity index is 611. The van der Waals surface area contributed by atoms with E-state index in [1.54, 1.807) is 0 Å². The van der Waals surface area contributed by atoms with E-state index in [0.29, 0.717) is 11.5 Å². The van der Waals surface area contributed by atoms with Crippen molar-refractivity contribution in [1.82, 2.24) is 4.90 Å². The van der Waals surface area contributed by atoms with Crippen molar-refractivity contribution in [3.63, 3.8) is 0 Å². The topological polar surface area (TPSA) is 40.5 Å². The van der Waals surface area contributed by atoms with E-state index in [9.17, 15) is 4.79 Å². The van der Waals surface area contributed by atoms with E-state index in [0.717, 1.165) is 17.9 Å². The molecule has 2 aliphatic carbocycles. The molecule has 3 atom stereocenters. The SMILES string of the molecule is CN1CCC23CCCCC2C1Cc1ccc(CC(=O)O)cc13. The lowest BCUT2D eigenvalue weighted by Crippen LogP contribution is -2.59. The van der Waals surface area contributed by atoms with Gasteiger partial charge >= 0.3 is 5.97 Å². The molecule has 0 radical (unpaired) electrons. The van der Waals surface area contributed by atoms with Crippen LogP contribution in [0.15, 0.2) is 18.2 Å². The Labute approximate surface area is 132 Å². The third-order valence-corrected chi connectivity index (χ3v) is 6.53. The van der Waals surface area contributed by atoms with Gasteiger partial charge in [0.2, 0.25) is 0 Å². The van der Waals surface area contributed by atoms with Crippen LogP contribution in [0, 0.1) is 5.92 Å². The molecule has 1 saturated heterocycles. The molecule has 1 saturated carbocycles. The van der Waals surface area contributed by atoms with Crippen LogP contribution in [0.3, 0.4) is 0 Å². The Balaban J connectivity index is 1.82. The van der Waals surface area contributed by atoms with E-state index >= 15 is 0 Å². The number of carboxylic acids is 1. The summed E-state index contributed by atoms with van der Waals surface area (Å²) in [5.41, 5.74) is 4.28. The van der Waals surface area contributed by atoms with Gasteiger partial charge in [-0.1, -0.05) is 31.0 Å². The number of hydrogen-bond acceptors (Lipinski definition) is 2. The predicted molar refractivity (Wildman–Crippen MR) is 86.2 cm³/mol. The van der Waals surface area contributed by atoms with E-state index < -0.39 is 5.97 Å². The van der Waals surface area contributed by atoms with Gasteiger partial charge in [0.25, 0.3) is 0 Å². The first kappa shape index (κ1) is 14.3. The molecule has 1 N–H and O–H groups in total. The summed E-state index contributed by atoms with van der Waals surface area (Å²) in [5.74, 6) is 0.0438. The standard InChI is InChI=1S/C19H25NO2/c1-20-9-8-19-7-3-2-4-15(19)17(20)12-14-6-5-13(10-16(14)19)11-18(21)22/h5-6,10,15,17H,2-4,7-9,11-12H2,1H3,(H,21,22).